The molecule has 1 heterocycles. The Morgan fingerprint density at radius 1 is 1.35 bits per heavy atom. The number of phenols is 1. The van der Waals surface area contributed by atoms with Gasteiger partial charge in [0.1, 0.15) is 5.75 Å². The van der Waals surface area contributed by atoms with Crippen LogP contribution in [0.15, 0.2) is 24.3 Å². The minimum Gasteiger partial charge on any atom is -0.508 e. The molecule has 3 heteroatoms. The highest BCUT2D eigenvalue weighted by Gasteiger charge is 2.24. The largest absolute Gasteiger partial charge is 0.508 e. The summed E-state index contributed by atoms with van der Waals surface area (Å²) in [6.07, 6.45) is 3.18. The van der Waals surface area contributed by atoms with Crippen LogP contribution >= 0.6 is 0 Å². The molecule has 0 amide bonds. The number of phenolic OH excluding ortho intramolecular Hbond substituents is 1. The van der Waals surface area contributed by atoms with Crippen LogP contribution in [0.1, 0.15) is 30.7 Å². The molecule has 1 unspecified atom stereocenters. The fourth-order valence-electron chi connectivity index (χ4n) is 2.73. The summed E-state index contributed by atoms with van der Waals surface area (Å²) in [7, 11) is 0. The molecule has 0 aromatic heterocycles. The van der Waals surface area contributed by atoms with Crippen molar-refractivity contribution in [3.8, 4) is 5.75 Å². The molecular weight excluding hydrogens is 214 g/mol. The van der Waals surface area contributed by atoms with Crippen molar-refractivity contribution in [2.45, 2.75) is 25.2 Å². The van der Waals surface area contributed by atoms with E-state index in [1.165, 1.54) is 5.56 Å². The topological polar surface area (TPSA) is 55.5 Å². The van der Waals surface area contributed by atoms with Crippen molar-refractivity contribution in [1.82, 2.24) is 0 Å². The Labute approximate surface area is 103 Å². The molecule has 17 heavy (non-hydrogen) atoms. The zero-order valence-corrected chi connectivity index (χ0v) is 10.1. The minimum atomic E-state index is 0.344. The van der Waals surface area contributed by atoms with E-state index in [-0.39, 0.29) is 0 Å². The van der Waals surface area contributed by atoms with Crippen molar-refractivity contribution in [2.75, 3.05) is 19.8 Å². The van der Waals surface area contributed by atoms with Crippen LogP contribution in [0, 0.1) is 5.92 Å². The maximum atomic E-state index is 9.57. The fraction of sp³-hybridized carbons (Fsp3) is 0.571. The lowest BCUT2D eigenvalue weighted by atomic mass is 9.79. The summed E-state index contributed by atoms with van der Waals surface area (Å²) in [6.45, 7) is 2.40. The first-order valence-electron chi connectivity index (χ1n) is 6.38. The number of ether oxygens (including phenoxy) is 1. The summed E-state index contributed by atoms with van der Waals surface area (Å²) in [4.78, 5) is 0. The van der Waals surface area contributed by atoms with Crippen LogP contribution in [0.5, 0.6) is 5.75 Å². The van der Waals surface area contributed by atoms with Crippen LogP contribution in [0.25, 0.3) is 0 Å². The molecule has 2 rings (SSSR count). The molecule has 1 atom stereocenters. The highest BCUT2D eigenvalue weighted by Crippen LogP contribution is 2.35. The monoisotopic (exact) mass is 235 g/mol. The van der Waals surface area contributed by atoms with Crippen molar-refractivity contribution in [2.24, 2.45) is 11.7 Å². The first kappa shape index (κ1) is 12.4. The minimum absolute atomic E-state index is 0.344. The number of hydrogen-bond donors (Lipinski definition) is 2. The lowest BCUT2D eigenvalue weighted by Crippen LogP contribution is -2.24. The molecule has 0 aliphatic carbocycles. The average molecular weight is 235 g/mol. The zero-order chi connectivity index (χ0) is 12.1. The van der Waals surface area contributed by atoms with Gasteiger partial charge in [0.2, 0.25) is 0 Å². The molecule has 1 aliphatic rings. The summed E-state index contributed by atoms with van der Waals surface area (Å²) < 4.78 is 5.41. The molecule has 1 aromatic rings. The maximum Gasteiger partial charge on any atom is 0.115 e. The van der Waals surface area contributed by atoms with E-state index in [4.69, 9.17) is 10.5 Å². The summed E-state index contributed by atoms with van der Waals surface area (Å²) in [5.74, 6) is 1.43. The van der Waals surface area contributed by atoms with Gasteiger partial charge in [-0.1, -0.05) is 12.1 Å². The number of hydrogen-bond acceptors (Lipinski definition) is 3. The van der Waals surface area contributed by atoms with Crippen molar-refractivity contribution >= 4 is 0 Å². The Balaban J connectivity index is 2.15. The van der Waals surface area contributed by atoms with E-state index >= 15 is 0 Å². The third-order valence-corrected chi connectivity index (χ3v) is 3.61. The third-order valence-electron chi connectivity index (χ3n) is 3.61. The molecular formula is C14H21NO2. The molecule has 3 nitrogen and oxygen atoms in total. The molecule has 3 N–H and O–H groups in total. The second-order valence-corrected chi connectivity index (χ2v) is 4.73. The summed E-state index contributed by atoms with van der Waals surface area (Å²) in [5, 5.41) is 9.57. The van der Waals surface area contributed by atoms with Crippen LogP contribution in [-0.4, -0.2) is 24.9 Å². The number of aromatic hydroxyl groups is 1. The van der Waals surface area contributed by atoms with Gasteiger partial charge in [-0.3, -0.25) is 0 Å². The molecule has 0 saturated carbocycles. The van der Waals surface area contributed by atoms with E-state index in [9.17, 15) is 5.11 Å². The Bertz CT molecular complexity index is 348. The Morgan fingerprint density at radius 3 is 2.76 bits per heavy atom. The van der Waals surface area contributed by atoms with Crippen LogP contribution in [0.4, 0.5) is 0 Å². The molecule has 94 valence electrons. The van der Waals surface area contributed by atoms with Gasteiger partial charge in [-0.25, -0.2) is 0 Å². The van der Waals surface area contributed by atoms with Crippen molar-refractivity contribution in [3.05, 3.63) is 29.8 Å². The maximum absolute atomic E-state index is 9.57. The smallest absolute Gasteiger partial charge is 0.115 e. The first-order chi connectivity index (χ1) is 8.31. The molecule has 0 radical (unpaired) electrons. The van der Waals surface area contributed by atoms with E-state index in [0.717, 1.165) is 32.5 Å². The van der Waals surface area contributed by atoms with E-state index in [2.05, 4.69) is 6.07 Å². The van der Waals surface area contributed by atoms with Gasteiger partial charge >= 0.3 is 0 Å². The standard InChI is InChI=1S/C14H21NO2/c15-7-4-14(11-5-8-17-9-6-11)12-2-1-3-13(16)10-12/h1-3,10-11,14,16H,4-9,15H2. The number of nitrogens with two attached hydrogens (primary N) is 1. The van der Waals surface area contributed by atoms with Gasteiger partial charge in [0.05, 0.1) is 0 Å². The second-order valence-electron chi connectivity index (χ2n) is 4.73. The van der Waals surface area contributed by atoms with Crippen LogP contribution in [0.3, 0.4) is 0 Å². The highest BCUT2D eigenvalue weighted by atomic mass is 16.5. The van der Waals surface area contributed by atoms with E-state index in [1.807, 2.05) is 12.1 Å². The van der Waals surface area contributed by atoms with Crippen LogP contribution in [-0.2, 0) is 4.74 Å². The SMILES string of the molecule is NCCC(c1cccc(O)c1)C1CCOCC1. The van der Waals surface area contributed by atoms with Gasteiger partial charge < -0.3 is 15.6 Å². The normalized spacial score (nSPS) is 19.1. The van der Waals surface area contributed by atoms with Crippen molar-refractivity contribution in [3.63, 3.8) is 0 Å². The van der Waals surface area contributed by atoms with E-state index in [0.29, 0.717) is 24.1 Å². The summed E-state index contributed by atoms with van der Waals surface area (Å²) in [6, 6.07) is 7.59. The quantitative estimate of drug-likeness (QED) is 0.841. The number of benzene rings is 1. The van der Waals surface area contributed by atoms with Gasteiger partial charge in [-0.15, -0.1) is 0 Å². The second kappa shape index (κ2) is 6.03. The predicted molar refractivity (Wildman–Crippen MR) is 68.1 cm³/mol. The zero-order valence-electron chi connectivity index (χ0n) is 10.1. The van der Waals surface area contributed by atoms with Gasteiger partial charge in [0.25, 0.3) is 0 Å². The van der Waals surface area contributed by atoms with E-state index < -0.39 is 0 Å². The van der Waals surface area contributed by atoms with Gasteiger partial charge in [-0.05, 0) is 55.3 Å². The molecule has 1 fully saturated rings. The van der Waals surface area contributed by atoms with E-state index in [1.54, 1.807) is 6.07 Å². The summed E-state index contributed by atoms with van der Waals surface area (Å²) >= 11 is 0. The Morgan fingerprint density at radius 2 is 2.12 bits per heavy atom. The first-order valence-corrected chi connectivity index (χ1v) is 6.38. The van der Waals surface area contributed by atoms with Crippen molar-refractivity contribution < 1.29 is 9.84 Å². The summed E-state index contributed by atoms with van der Waals surface area (Å²) in [5.41, 5.74) is 6.93. The molecule has 1 saturated heterocycles. The number of rotatable bonds is 4. The van der Waals surface area contributed by atoms with Gasteiger partial charge in [-0.2, -0.15) is 0 Å². The van der Waals surface area contributed by atoms with Crippen LogP contribution < -0.4 is 5.73 Å². The lowest BCUT2D eigenvalue weighted by Gasteiger charge is -2.30. The third kappa shape index (κ3) is 3.20. The lowest BCUT2D eigenvalue weighted by molar-refractivity contribution is 0.0570. The van der Waals surface area contributed by atoms with Gasteiger partial charge in [0.15, 0.2) is 0 Å². The molecule has 0 bridgehead atoms. The highest BCUT2D eigenvalue weighted by molar-refractivity contribution is 5.30. The Hall–Kier alpha value is -1.06. The fourth-order valence-corrected chi connectivity index (χ4v) is 2.73. The van der Waals surface area contributed by atoms with Gasteiger partial charge in [0, 0.05) is 13.2 Å². The Kier molecular flexibility index (Phi) is 4.40. The average Bonchev–Trinajstić information content (AvgIpc) is 2.37. The van der Waals surface area contributed by atoms with Crippen LogP contribution in [0.2, 0.25) is 0 Å². The van der Waals surface area contributed by atoms with Crippen molar-refractivity contribution in [1.29, 1.82) is 0 Å². The molecule has 0 spiro atoms. The molecule has 1 aliphatic heterocycles. The molecule has 1 aromatic carbocycles. The predicted octanol–water partition coefficient (Wildman–Crippen LogP) is 2.25.